The Balaban J connectivity index is 0.00000364. The van der Waals surface area contributed by atoms with Crippen LogP contribution in [-0.2, 0) is 4.79 Å². The molecule has 8 nitrogen and oxygen atoms in total. The summed E-state index contributed by atoms with van der Waals surface area (Å²) in [5, 5.41) is 16.8. The first kappa shape index (κ1) is 23.1. The van der Waals surface area contributed by atoms with Crippen LogP contribution in [-0.4, -0.2) is 56.1 Å². The van der Waals surface area contributed by atoms with Gasteiger partial charge in [-0.25, -0.2) is 0 Å². The van der Waals surface area contributed by atoms with Crippen LogP contribution in [0, 0.1) is 16.0 Å². The highest BCUT2D eigenvalue weighted by Crippen LogP contribution is 2.29. The number of hydrogen-bond donors (Lipinski definition) is 2. The third kappa shape index (κ3) is 7.32. The zero-order valence-corrected chi connectivity index (χ0v) is 16.7. The molecular weight excluding hydrogens is 372 g/mol. The molecule has 0 aliphatic carbocycles. The zero-order valence-electron chi connectivity index (χ0n) is 15.9. The Hall–Kier alpha value is -1.90. The molecule has 1 heterocycles. The van der Waals surface area contributed by atoms with E-state index in [1.165, 1.54) is 44.6 Å². The van der Waals surface area contributed by atoms with Gasteiger partial charge in [0.15, 0.2) is 0 Å². The molecule has 0 atom stereocenters. The molecule has 2 N–H and O–H groups in total. The van der Waals surface area contributed by atoms with Gasteiger partial charge < -0.3 is 20.3 Å². The maximum Gasteiger partial charge on any atom is 0.273 e. The Morgan fingerprint density at radius 2 is 2.07 bits per heavy atom. The summed E-state index contributed by atoms with van der Waals surface area (Å²) in [5.41, 5.74) is 0.384. The van der Waals surface area contributed by atoms with E-state index in [1.807, 2.05) is 7.05 Å². The number of benzene rings is 1. The number of methoxy groups -OCH3 is 1. The van der Waals surface area contributed by atoms with E-state index in [2.05, 4.69) is 15.5 Å². The van der Waals surface area contributed by atoms with E-state index < -0.39 is 4.92 Å². The van der Waals surface area contributed by atoms with E-state index >= 15 is 0 Å². The van der Waals surface area contributed by atoms with Gasteiger partial charge in [-0.3, -0.25) is 14.9 Å². The number of piperidine rings is 1. The number of ether oxygens (including phenoxy) is 1. The predicted molar refractivity (Wildman–Crippen MR) is 108 cm³/mol. The molecule has 0 saturated carbocycles. The van der Waals surface area contributed by atoms with E-state index in [9.17, 15) is 14.9 Å². The molecule has 0 bridgehead atoms. The molecule has 1 aliphatic rings. The minimum atomic E-state index is -0.492. The van der Waals surface area contributed by atoms with E-state index in [4.69, 9.17) is 4.74 Å². The molecule has 1 aromatic rings. The second-order valence-electron chi connectivity index (χ2n) is 6.62. The Bertz CT molecular complexity index is 621. The van der Waals surface area contributed by atoms with Crippen LogP contribution < -0.4 is 15.4 Å². The lowest BCUT2D eigenvalue weighted by Gasteiger charge is -2.31. The van der Waals surface area contributed by atoms with Gasteiger partial charge in [-0.15, -0.1) is 12.4 Å². The van der Waals surface area contributed by atoms with Crippen molar-refractivity contribution in [3.8, 4) is 5.75 Å². The SMILES string of the molecule is CNCCC1CCN(CCC(=O)Nc2ccc([N+](=O)[O-])cc2OC)CC1.Cl. The number of nitro benzene ring substituents is 1. The van der Waals surface area contributed by atoms with Crippen molar-refractivity contribution in [2.45, 2.75) is 25.7 Å². The van der Waals surface area contributed by atoms with Crippen LogP contribution in [0.3, 0.4) is 0 Å². The van der Waals surface area contributed by atoms with Crippen LogP contribution in [0.5, 0.6) is 5.75 Å². The molecule has 0 aromatic heterocycles. The number of carbonyl (C=O) groups is 1. The molecule has 0 radical (unpaired) electrons. The van der Waals surface area contributed by atoms with Crippen LogP contribution in [0.25, 0.3) is 0 Å². The van der Waals surface area contributed by atoms with Gasteiger partial charge in [-0.05, 0) is 57.9 Å². The number of amides is 1. The molecule has 2 rings (SSSR count). The van der Waals surface area contributed by atoms with E-state index in [0.29, 0.717) is 12.1 Å². The van der Waals surface area contributed by atoms with Crippen molar-refractivity contribution in [3.63, 3.8) is 0 Å². The maximum absolute atomic E-state index is 12.2. The monoisotopic (exact) mass is 400 g/mol. The Morgan fingerprint density at radius 1 is 1.37 bits per heavy atom. The van der Waals surface area contributed by atoms with Crippen LogP contribution in [0.15, 0.2) is 18.2 Å². The summed E-state index contributed by atoms with van der Waals surface area (Å²) >= 11 is 0. The third-order valence-corrected chi connectivity index (χ3v) is 4.83. The first-order valence-corrected chi connectivity index (χ1v) is 9.02. The third-order valence-electron chi connectivity index (χ3n) is 4.83. The number of anilines is 1. The van der Waals surface area contributed by atoms with Crippen molar-refractivity contribution in [2.75, 3.05) is 45.7 Å². The van der Waals surface area contributed by atoms with Crippen molar-refractivity contribution in [1.29, 1.82) is 0 Å². The number of rotatable bonds is 9. The molecule has 27 heavy (non-hydrogen) atoms. The minimum absolute atomic E-state index is 0. The first-order valence-electron chi connectivity index (χ1n) is 9.02. The summed E-state index contributed by atoms with van der Waals surface area (Å²) in [4.78, 5) is 24.9. The zero-order chi connectivity index (χ0) is 18.9. The van der Waals surface area contributed by atoms with Crippen molar-refractivity contribution in [3.05, 3.63) is 28.3 Å². The highest BCUT2D eigenvalue weighted by atomic mass is 35.5. The number of hydrogen-bond acceptors (Lipinski definition) is 6. The van der Waals surface area contributed by atoms with Gasteiger partial charge in [-0.1, -0.05) is 0 Å². The number of likely N-dealkylation sites (tertiary alicyclic amines) is 1. The van der Waals surface area contributed by atoms with Crippen molar-refractivity contribution in [2.24, 2.45) is 5.92 Å². The molecule has 0 unspecified atom stereocenters. The molecule has 1 fully saturated rings. The Kier molecular flexibility index (Phi) is 10.1. The lowest BCUT2D eigenvalue weighted by molar-refractivity contribution is -0.384. The number of nitro groups is 1. The second-order valence-corrected chi connectivity index (χ2v) is 6.62. The van der Waals surface area contributed by atoms with Gasteiger partial charge in [0.05, 0.1) is 23.8 Å². The van der Waals surface area contributed by atoms with Crippen LogP contribution in [0.2, 0.25) is 0 Å². The second kappa shape index (κ2) is 11.7. The van der Waals surface area contributed by atoms with Crippen LogP contribution in [0.1, 0.15) is 25.7 Å². The molecule has 1 saturated heterocycles. The Morgan fingerprint density at radius 3 is 2.67 bits per heavy atom. The normalized spacial score (nSPS) is 15.0. The van der Waals surface area contributed by atoms with Gasteiger partial charge in [0.2, 0.25) is 5.91 Å². The molecule has 1 aliphatic heterocycles. The highest BCUT2D eigenvalue weighted by molar-refractivity contribution is 5.92. The lowest BCUT2D eigenvalue weighted by atomic mass is 9.93. The topological polar surface area (TPSA) is 96.7 Å². The summed E-state index contributed by atoms with van der Waals surface area (Å²) in [6.07, 6.45) is 3.96. The van der Waals surface area contributed by atoms with E-state index in [1.54, 1.807) is 0 Å². The number of nitrogens with one attached hydrogen (secondary N) is 2. The molecule has 9 heteroatoms. The predicted octanol–water partition coefficient (Wildman–Crippen LogP) is 2.68. The van der Waals surface area contributed by atoms with Crippen LogP contribution >= 0.6 is 12.4 Å². The van der Waals surface area contributed by atoms with E-state index in [-0.39, 0.29) is 29.8 Å². The molecule has 1 amide bonds. The van der Waals surface area contributed by atoms with Crippen molar-refractivity contribution >= 4 is 29.7 Å². The van der Waals surface area contributed by atoms with Gasteiger partial charge in [0, 0.05) is 19.0 Å². The molecule has 0 spiro atoms. The highest BCUT2D eigenvalue weighted by Gasteiger charge is 2.19. The van der Waals surface area contributed by atoms with Gasteiger partial charge in [0.25, 0.3) is 5.69 Å². The van der Waals surface area contributed by atoms with Crippen LogP contribution in [0.4, 0.5) is 11.4 Å². The van der Waals surface area contributed by atoms with Gasteiger partial charge in [-0.2, -0.15) is 0 Å². The Labute approximate surface area is 166 Å². The number of non-ortho nitro benzene ring substituents is 1. The van der Waals surface area contributed by atoms with E-state index in [0.717, 1.165) is 32.1 Å². The summed E-state index contributed by atoms with van der Waals surface area (Å²) in [7, 11) is 3.40. The minimum Gasteiger partial charge on any atom is -0.494 e. The van der Waals surface area contributed by atoms with Crippen molar-refractivity contribution < 1.29 is 14.5 Å². The summed E-state index contributed by atoms with van der Waals surface area (Å²) < 4.78 is 5.14. The smallest absolute Gasteiger partial charge is 0.273 e. The molecular formula is C18H29ClN4O4. The average Bonchev–Trinajstić information content (AvgIpc) is 2.65. The molecule has 152 valence electrons. The number of carbonyl (C=O) groups excluding carboxylic acids is 1. The van der Waals surface area contributed by atoms with Crippen molar-refractivity contribution in [1.82, 2.24) is 10.2 Å². The lowest BCUT2D eigenvalue weighted by Crippen LogP contribution is -2.36. The number of nitrogens with zero attached hydrogens (tertiary/aromatic N) is 2. The summed E-state index contributed by atoms with van der Waals surface area (Å²) in [6.45, 7) is 3.84. The van der Waals surface area contributed by atoms with Gasteiger partial charge in [0.1, 0.15) is 5.75 Å². The largest absolute Gasteiger partial charge is 0.494 e. The maximum atomic E-state index is 12.2. The standard InChI is InChI=1S/C18H28N4O4.ClH/c1-19-9-5-14-6-10-21(11-7-14)12-8-18(23)20-16-4-3-15(22(24)25)13-17(16)26-2;/h3-4,13-14,19H,5-12H2,1-2H3,(H,20,23);1H. The fourth-order valence-electron chi connectivity index (χ4n) is 3.22. The number of halogens is 1. The fourth-order valence-corrected chi connectivity index (χ4v) is 3.22. The average molecular weight is 401 g/mol. The fraction of sp³-hybridized carbons (Fsp3) is 0.611. The quantitative estimate of drug-likeness (QED) is 0.488. The first-order chi connectivity index (χ1) is 12.5. The molecule has 1 aromatic carbocycles. The van der Waals surface area contributed by atoms with Gasteiger partial charge >= 0.3 is 0 Å². The summed E-state index contributed by atoms with van der Waals surface area (Å²) in [6, 6.07) is 4.17. The summed E-state index contributed by atoms with van der Waals surface area (Å²) in [5.74, 6) is 0.948.